The Kier molecular flexibility index (Phi) is 6.90. The summed E-state index contributed by atoms with van der Waals surface area (Å²) in [5.41, 5.74) is 6.50. The van der Waals surface area contributed by atoms with E-state index >= 15 is 0 Å². The number of nitrogens with zero attached hydrogens (tertiary/aromatic N) is 5. The number of imidazole rings is 1. The molecule has 10 nitrogen and oxygen atoms in total. The van der Waals surface area contributed by atoms with Crippen molar-refractivity contribution in [2.75, 3.05) is 18.0 Å². The highest BCUT2D eigenvalue weighted by molar-refractivity contribution is 6.31. The van der Waals surface area contributed by atoms with Gasteiger partial charge >= 0.3 is 5.69 Å². The molecule has 0 bridgehead atoms. The van der Waals surface area contributed by atoms with Crippen LogP contribution in [0.5, 0.6) is 0 Å². The van der Waals surface area contributed by atoms with Gasteiger partial charge in [0.25, 0.3) is 5.56 Å². The van der Waals surface area contributed by atoms with Crippen molar-refractivity contribution in [2.45, 2.75) is 63.7 Å². The Hall–Kier alpha value is -3.11. The van der Waals surface area contributed by atoms with Crippen molar-refractivity contribution in [3.05, 3.63) is 55.7 Å². The molecule has 0 unspecified atom stereocenters. The Morgan fingerprint density at radius 3 is 2.61 bits per heavy atom. The highest BCUT2D eigenvalue weighted by atomic mass is 35.5. The number of aryl methyl sites for hydroxylation is 1. The van der Waals surface area contributed by atoms with Crippen molar-refractivity contribution in [3.63, 3.8) is 0 Å². The van der Waals surface area contributed by atoms with E-state index in [1.165, 1.54) is 4.57 Å². The molecule has 11 heteroatoms. The first-order valence-electron chi connectivity index (χ1n) is 12.6. The zero-order valence-electron chi connectivity index (χ0n) is 20.5. The van der Waals surface area contributed by atoms with Gasteiger partial charge < -0.3 is 16.0 Å². The molecule has 2 fully saturated rings. The summed E-state index contributed by atoms with van der Waals surface area (Å²) >= 11 is 6.47. The summed E-state index contributed by atoms with van der Waals surface area (Å²) in [4.78, 5) is 46.5. The molecule has 5 rings (SSSR count). The average molecular weight is 514 g/mol. The molecule has 3 aromatic rings. The van der Waals surface area contributed by atoms with Crippen LogP contribution in [0.4, 0.5) is 5.95 Å². The van der Waals surface area contributed by atoms with E-state index in [2.05, 4.69) is 10.2 Å². The molecule has 36 heavy (non-hydrogen) atoms. The quantitative estimate of drug-likeness (QED) is 0.516. The number of anilines is 1. The number of nitrogens with two attached hydrogens (primary N) is 1. The summed E-state index contributed by atoms with van der Waals surface area (Å²) in [6.45, 7) is 1.29. The second kappa shape index (κ2) is 10.1. The van der Waals surface area contributed by atoms with Crippen LogP contribution in [0.1, 0.15) is 44.1 Å². The molecule has 1 aliphatic heterocycles. The van der Waals surface area contributed by atoms with Crippen LogP contribution in [0.15, 0.2) is 33.9 Å². The Morgan fingerprint density at radius 2 is 1.89 bits per heavy atom. The van der Waals surface area contributed by atoms with Crippen molar-refractivity contribution < 1.29 is 4.79 Å². The first-order valence-corrected chi connectivity index (χ1v) is 12.9. The fourth-order valence-electron chi connectivity index (χ4n) is 5.37. The third-order valence-corrected chi connectivity index (χ3v) is 7.63. The average Bonchev–Trinajstić information content (AvgIpc) is 3.50. The molecule has 192 valence electrons. The lowest BCUT2D eigenvalue weighted by molar-refractivity contribution is -0.122. The van der Waals surface area contributed by atoms with Gasteiger partial charge in [0, 0.05) is 37.2 Å². The summed E-state index contributed by atoms with van der Waals surface area (Å²) in [6.07, 6.45) is 5.81. The van der Waals surface area contributed by atoms with Gasteiger partial charge in [-0.15, -0.1) is 0 Å². The molecule has 1 aromatic carbocycles. The van der Waals surface area contributed by atoms with Gasteiger partial charge in [-0.05, 0) is 37.3 Å². The third-order valence-electron chi connectivity index (χ3n) is 7.26. The van der Waals surface area contributed by atoms with Crippen LogP contribution in [0, 0.1) is 0 Å². The summed E-state index contributed by atoms with van der Waals surface area (Å²) < 4.78 is 4.15. The highest BCUT2D eigenvalue weighted by Gasteiger charge is 2.27. The second-order valence-corrected chi connectivity index (χ2v) is 10.3. The summed E-state index contributed by atoms with van der Waals surface area (Å²) in [5, 5.41) is 3.54. The molecule has 1 saturated carbocycles. The van der Waals surface area contributed by atoms with Gasteiger partial charge in [0.05, 0.1) is 6.54 Å². The predicted octanol–water partition coefficient (Wildman–Crippen LogP) is 1.58. The fraction of sp³-hybridized carbons (Fsp3) is 0.520. The zero-order chi connectivity index (χ0) is 25.4. The Balaban J connectivity index is 1.63. The molecular formula is C25H32ClN7O3. The number of hydrogen-bond donors (Lipinski definition) is 2. The number of amides is 1. The minimum absolute atomic E-state index is 0.00733. The Morgan fingerprint density at radius 1 is 1.14 bits per heavy atom. The minimum atomic E-state index is -0.571. The molecule has 0 spiro atoms. The van der Waals surface area contributed by atoms with Crippen LogP contribution in [-0.2, 0) is 24.9 Å². The molecule has 2 aliphatic rings. The van der Waals surface area contributed by atoms with Crippen molar-refractivity contribution in [1.82, 2.24) is 24.0 Å². The largest absolute Gasteiger partial charge is 0.352 e. The summed E-state index contributed by atoms with van der Waals surface area (Å²) in [5.74, 6) is 0.236. The van der Waals surface area contributed by atoms with Crippen LogP contribution in [0.2, 0.25) is 5.02 Å². The minimum Gasteiger partial charge on any atom is -0.352 e. The molecule has 2 aromatic heterocycles. The molecule has 1 amide bonds. The van der Waals surface area contributed by atoms with Crippen molar-refractivity contribution in [1.29, 1.82) is 0 Å². The highest BCUT2D eigenvalue weighted by Crippen LogP contribution is 2.26. The van der Waals surface area contributed by atoms with Crippen molar-refractivity contribution in [2.24, 2.45) is 12.8 Å². The number of rotatable bonds is 6. The van der Waals surface area contributed by atoms with Gasteiger partial charge in [-0.2, -0.15) is 4.98 Å². The van der Waals surface area contributed by atoms with Crippen molar-refractivity contribution >= 4 is 34.6 Å². The Bertz CT molecular complexity index is 1400. The molecule has 1 saturated heterocycles. The van der Waals surface area contributed by atoms with Crippen LogP contribution in [0.25, 0.3) is 11.2 Å². The SMILES string of the molecule is Cn1c(=O)n(CC(=O)NC2CCCC2)c(=O)c2c1nc(N1CCC[C@@H](N)C1)n2Cc1ccccc1Cl. The molecular weight excluding hydrogens is 482 g/mol. The monoisotopic (exact) mass is 513 g/mol. The first kappa shape index (κ1) is 24.6. The number of benzene rings is 1. The Labute approximate surface area is 213 Å². The van der Waals surface area contributed by atoms with E-state index in [4.69, 9.17) is 22.3 Å². The van der Waals surface area contributed by atoms with Gasteiger partial charge in [-0.3, -0.25) is 18.7 Å². The molecule has 0 radical (unpaired) electrons. The number of carbonyl (C=O) groups excluding carboxylic acids is 1. The summed E-state index contributed by atoms with van der Waals surface area (Å²) in [6, 6.07) is 7.53. The van der Waals surface area contributed by atoms with E-state index in [-0.39, 0.29) is 35.7 Å². The molecule has 1 aliphatic carbocycles. The third kappa shape index (κ3) is 4.67. The lowest BCUT2D eigenvalue weighted by Crippen LogP contribution is -2.45. The number of halogens is 1. The molecule has 3 heterocycles. The molecule has 1 atom stereocenters. The topological polar surface area (TPSA) is 120 Å². The maximum Gasteiger partial charge on any atom is 0.332 e. The maximum atomic E-state index is 13.8. The number of fused-ring (bicyclic) bond motifs is 1. The van der Waals surface area contributed by atoms with Gasteiger partial charge in [0.15, 0.2) is 11.2 Å². The van der Waals surface area contributed by atoms with E-state index in [1.807, 2.05) is 22.8 Å². The van der Waals surface area contributed by atoms with Crippen LogP contribution < -0.4 is 27.2 Å². The maximum absolute atomic E-state index is 13.8. The smallest absolute Gasteiger partial charge is 0.332 e. The number of piperidine rings is 1. The van der Waals surface area contributed by atoms with E-state index in [1.54, 1.807) is 13.1 Å². The van der Waals surface area contributed by atoms with Gasteiger partial charge in [-0.25, -0.2) is 9.36 Å². The van der Waals surface area contributed by atoms with Crippen LogP contribution in [-0.4, -0.2) is 49.8 Å². The van der Waals surface area contributed by atoms with E-state index in [0.717, 1.165) is 55.2 Å². The van der Waals surface area contributed by atoms with E-state index in [9.17, 15) is 14.4 Å². The lowest BCUT2D eigenvalue weighted by Gasteiger charge is -2.32. The second-order valence-electron chi connectivity index (χ2n) is 9.89. The molecule has 3 N–H and O–H groups in total. The number of carbonyl (C=O) groups is 1. The number of nitrogens with one attached hydrogen (secondary N) is 1. The van der Waals surface area contributed by atoms with E-state index in [0.29, 0.717) is 24.1 Å². The predicted molar refractivity (Wildman–Crippen MR) is 140 cm³/mol. The zero-order valence-corrected chi connectivity index (χ0v) is 21.2. The number of hydrogen-bond acceptors (Lipinski definition) is 6. The standard InChI is InChI=1S/C25H32ClN7O3/c1-30-22-21(23(35)33(25(30)36)15-20(34)28-18-9-3-4-10-18)32(13-16-7-2-5-11-19(16)26)24(29-22)31-12-6-8-17(27)14-31/h2,5,7,11,17-18H,3-4,6,8-10,12-15,27H2,1H3,(H,28,34)/t17-/m1/s1. The summed E-state index contributed by atoms with van der Waals surface area (Å²) in [7, 11) is 1.58. The lowest BCUT2D eigenvalue weighted by atomic mass is 10.1. The van der Waals surface area contributed by atoms with Gasteiger partial charge in [-0.1, -0.05) is 42.6 Å². The van der Waals surface area contributed by atoms with Crippen molar-refractivity contribution in [3.8, 4) is 0 Å². The normalized spacial score (nSPS) is 18.8. The first-order chi connectivity index (χ1) is 17.3. The van der Waals surface area contributed by atoms with Crippen LogP contribution >= 0.6 is 11.6 Å². The van der Waals surface area contributed by atoms with Crippen LogP contribution in [0.3, 0.4) is 0 Å². The van der Waals surface area contributed by atoms with Gasteiger partial charge in [0.2, 0.25) is 11.9 Å². The number of aromatic nitrogens is 4. The van der Waals surface area contributed by atoms with Gasteiger partial charge in [0.1, 0.15) is 6.54 Å². The fourth-order valence-corrected chi connectivity index (χ4v) is 5.56. The van der Waals surface area contributed by atoms with E-state index < -0.39 is 11.2 Å².